The largest absolute Gasteiger partial charge is 0.507 e. The van der Waals surface area contributed by atoms with E-state index in [9.17, 15) is 5.11 Å². The number of benzene rings is 2. The van der Waals surface area contributed by atoms with Crippen molar-refractivity contribution in [1.82, 2.24) is 49.9 Å². The maximum atomic E-state index is 9.54. The SMILES string of the molecule is CC(C)(C)Cn1nnc2c(Br)c(O)ccc21.CC(C)(C)Cn1nnc2c(Br)c(OCc3cnccn3)ccc21.OCc1cnccn1. The number of aliphatic hydroxyl groups is 1. The normalized spacial score (nSPS) is 11.5. The van der Waals surface area contributed by atoms with Crippen molar-refractivity contribution in [3.8, 4) is 11.5 Å². The minimum absolute atomic E-state index is 0.0339. The van der Waals surface area contributed by atoms with Crippen molar-refractivity contribution in [2.75, 3.05) is 0 Å². The number of fused-ring (bicyclic) bond motifs is 2. The molecule has 0 amide bonds. The molecular formula is C32H38Br2N10O3. The lowest BCUT2D eigenvalue weighted by Crippen LogP contribution is -2.16. The molecule has 15 heteroatoms. The van der Waals surface area contributed by atoms with Gasteiger partial charge in [-0.3, -0.25) is 19.9 Å². The lowest BCUT2D eigenvalue weighted by molar-refractivity contribution is 0.276. The van der Waals surface area contributed by atoms with Gasteiger partial charge in [0.05, 0.1) is 50.4 Å². The standard InChI is InChI=1S/C16H18BrN5O.C11H14BrN3O.C5H6N2O/c1-16(2,3)10-22-12-4-5-13(14(17)15(12)20-21-22)23-9-11-8-18-6-7-19-11;1-11(2,3)6-15-7-4-5-8(16)9(12)10(7)13-14-15;8-4-5-3-6-1-2-7-5/h4-8H,9-10H2,1-3H3;4-5,16H,6H2,1-3H3;1-3,8H,4H2. The second kappa shape index (κ2) is 15.7. The average molecular weight is 771 g/mol. The van der Waals surface area contributed by atoms with Crippen molar-refractivity contribution in [2.24, 2.45) is 10.8 Å². The fourth-order valence-electron chi connectivity index (χ4n) is 4.19. The number of aromatic hydroxyl groups is 1. The van der Waals surface area contributed by atoms with Crippen LogP contribution in [-0.4, -0.2) is 60.1 Å². The quantitative estimate of drug-likeness (QED) is 0.190. The Labute approximate surface area is 289 Å². The molecule has 0 radical (unpaired) electrons. The number of phenols is 1. The average Bonchev–Trinajstić information content (AvgIpc) is 3.63. The Morgan fingerprint density at radius 3 is 1.68 bits per heavy atom. The Morgan fingerprint density at radius 2 is 1.21 bits per heavy atom. The monoisotopic (exact) mass is 768 g/mol. The van der Waals surface area contributed by atoms with Gasteiger partial charge in [-0.15, -0.1) is 10.2 Å². The lowest BCUT2D eigenvalue weighted by atomic mass is 9.97. The Morgan fingerprint density at radius 1 is 0.702 bits per heavy atom. The topological polar surface area (TPSA) is 163 Å². The Hall–Kier alpha value is -4.08. The summed E-state index contributed by atoms with van der Waals surface area (Å²) in [5.41, 5.74) is 5.07. The Balaban J connectivity index is 0.000000180. The van der Waals surface area contributed by atoms with Crippen molar-refractivity contribution in [1.29, 1.82) is 0 Å². The first-order valence-electron chi connectivity index (χ1n) is 14.7. The van der Waals surface area contributed by atoms with E-state index in [2.05, 4.69) is 114 Å². The first-order chi connectivity index (χ1) is 22.3. The van der Waals surface area contributed by atoms with Crippen LogP contribution in [0.25, 0.3) is 22.1 Å². The summed E-state index contributed by atoms with van der Waals surface area (Å²) in [6.07, 6.45) is 9.62. The van der Waals surface area contributed by atoms with Crippen LogP contribution >= 0.6 is 31.9 Å². The van der Waals surface area contributed by atoms with Crippen LogP contribution in [0.4, 0.5) is 0 Å². The van der Waals surface area contributed by atoms with Gasteiger partial charge in [0.25, 0.3) is 0 Å². The first-order valence-corrected chi connectivity index (χ1v) is 16.3. The third-order valence-corrected chi connectivity index (χ3v) is 7.76. The zero-order chi connectivity index (χ0) is 34.2. The summed E-state index contributed by atoms with van der Waals surface area (Å²) >= 11 is 6.88. The summed E-state index contributed by atoms with van der Waals surface area (Å²) < 4.78 is 11.0. The van der Waals surface area contributed by atoms with Gasteiger partial charge in [-0.2, -0.15) is 0 Å². The summed E-state index contributed by atoms with van der Waals surface area (Å²) in [6, 6.07) is 7.39. The maximum Gasteiger partial charge on any atom is 0.136 e. The predicted molar refractivity (Wildman–Crippen MR) is 185 cm³/mol. The molecule has 6 aromatic rings. The van der Waals surface area contributed by atoms with Gasteiger partial charge < -0.3 is 14.9 Å². The molecule has 6 rings (SSSR count). The van der Waals surface area contributed by atoms with Crippen molar-refractivity contribution in [3.63, 3.8) is 0 Å². The van der Waals surface area contributed by atoms with E-state index in [0.717, 1.165) is 39.8 Å². The fourth-order valence-corrected chi connectivity index (χ4v) is 5.14. The molecule has 4 heterocycles. The van der Waals surface area contributed by atoms with Gasteiger partial charge in [0.15, 0.2) is 0 Å². The Kier molecular flexibility index (Phi) is 11.9. The van der Waals surface area contributed by atoms with Crippen LogP contribution in [0.2, 0.25) is 0 Å². The molecule has 4 aromatic heterocycles. The van der Waals surface area contributed by atoms with E-state index in [4.69, 9.17) is 9.84 Å². The van der Waals surface area contributed by atoms with E-state index < -0.39 is 0 Å². The van der Waals surface area contributed by atoms with Crippen LogP contribution in [0, 0.1) is 10.8 Å². The molecule has 0 aliphatic rings. The van der Waals surface area contributed by atoms with Gasteiger partial charge in [0.2, 0.25) is 0 Å². The molecule has 0 bridgehead atoms. The van der Waals surface area contributed by atoms with E-state index >= 15 is 0 Å². The second-order valence-electron chi connectivity index (χ2n) is 13.0. The van der Waals surface area contributed by atoms with E-state index in [1.807, 2.05) is 27.6 Å². The summed E-state index contributed by atoms with van der Waals surface area (Å²) in [7, 11) is 0. The number of phenolic OH excluding ortho intramolecular Hbond substituents is 1. The minimum Gasteiger partial charge on any atom is -0.507 e. The van der Waals surface area contributed by atoms with Crippen LogP contribution in [0.3, 0.4) is 0 Å². The molecule has 248 valence electrons. The molecule has 2 N–H and O–H groups in total. The van der Waals surface area contributed by atoms with Gasteiger partial charge in [-0.25, -0.2) is 9.36 Å². The number of ether oxygens (including phenoxy) is 1. The summed E-state index contributed by atoms with van der Waals surface area (Å²) in [6.45, 7) is 14.9. The highest BCUT2D eigenvalue weighted by atomic mass is 79.9. The maximum absolute atomic E-state index is 9.54. The Bertz CT molecular complexity index is 1890. The molecule has 0 fully saturated rings. The lowest BCUT2D eigenvalue weighted by Gasteiger charge is -2.18. The molecule has 0 spiro atoms. The molecular weight excluding hydrogens is 732 g/mol. The number of hydrogen-bond acceptors (Lipinski definition) is 11. The number of aliphatic hydroxyl groups excluding tert-OH is 1. The molecule has 2 aromatic carbocycles. The minimum atomic E-state index is -0.0339. The predicted octanol–water partition coefficient (Wildman–Crippen LogP) is 6.52. The molecule has 0 aliphatic heterocycles. The molecule has 13 nitrogen and oxygen atoms in total. The highest BCUT2D eigenvalue weighted by Crippen LogP contribution is 2.33. The van der Waals surface area contributed by atoms with Crippen molar-refractivity contribution >= 4 is 53.9 Å². The number of rotatable bonds is 6. The molecule has 0 saturated heterocycles. The first kappa shape index (κ1) is 35.8. The molecule has 47 heavy (non-hydrogen) atoms. The van der Waals surface area contributed by atoms with Gasteiger partial charge in [-0.05, 0) is 67.0 Å². The van der Waals surface area contributed by atoms with Gasteiger partial charge >= 0.3 is 0 Å². The summed E-state index contributed by atoms with van der Waals surface area (Å²) in [4.78, 5) is 15.7. The van der Waals surface area contributed by atoms with Crippen LogP contribution in [0.5, 0.6) is 11.5 Å². The number of aromatic nitrogens is 10. The van der Waals surface area contributed by atoms with Crippen molar-refractivity contribution in [3.05, 3.63) is 81.8 Å². The highest BCUT2D eigenvalue weighted by molar-refractivity contribution is 9.11. The molecule has 0 saturated carbocycles. The molecule has 0 atom stereocenters. The summed E-state index contributed by atoms with van der Waals surface area (Å²) in [5.74, 6) is 0.904. The fraction of sp³-hybridized carbons (Fsp3) is 0.375. The van der Waals surface area contributed by atoms with Crippen LogP contribution in [0.1, 0.15) is 52.9 Å². The van der Waals surface area contributed by atoms with E-state index in [1.165, 1.54) is 6.20 Å². The van der Waals surface area contributed by atoms with Crippen LogP contribution < -0.4 is 4.74 Å². The number of hydrogen-bond donors (Lipinski definition) is 2. The third kappa shape index (κ3) is 10.2. The third-order valence-electron chi connectivity index (χ3n) is 6.21. The number of halogens is 2. The highest BCUT2D eigenvalue weighted by Gasteiger charge is 2.18. The van der Waals surface area contributed by atoms with Crippen LogP contribution in [0.15, 0.2) is 70.4 Å². The van der Waals surface area contributed by atoms with Gasteiger partial charge in [0.1, 0.15) is 29.1 Å². The summed E-state index contributed by atoms with van der Waals surface area (Å²) in [5, 5.41) is 34.7. The number of nitrogens with zero attached hydrogens (tertiary/aromatic N) is 10. The molecule has 0 unspecified atom stereocenters. The van der Waals surface area contributed by atoms with Gasteiger partial charge in [0, 0.05) is 37.9 Å². The van der Waals surface area contributed by atoms with E-state index in [-0.39, 0.29) is 23.2 Å². The van der Waals surface area contributed by atoms with Crippen molar-refractivity contribution in [2.45, 2.75) is 67.8 Å². The van der Waals surface area contributed by atoms with E-state index in [1.54, 1.807) is 37.1 Å². The van der Waals surface area contributed by atoms with Gasteiger partial charge in [-0.1, -0.05) is 52.0 Å². The zero-order valence-electron chi connectivity index (χ0n) is 27.1. The van der Waals surface area contributed by atoms with E-state index in [0.29, 0.717) is 28.0 Å². The second-order valence-corrected chi connectivity index (χ2v) is 14.6. The van der Waals surface area contributed by atoms with Crippen molar-refractivity contribution < 1.29 is 14.9 Å². The molecule has 0 aliphatic carbocycles. The van der Waals surface area contributed by atoms with Crippen LogP contribution in [-0.2, 0) is 26.3 Å². The smallest absolute Gasteiger partial charge is 0.136 e. The zero-order valence-corrected chi connectivity index (χ0v) is 30.3.